The summed E-state index contributed by atoms with van der Waals surface area (Å²) in [6, 6.07) is 15.8. The summed E-state index contributed by atoms with van der Waals surface area (Å²) in [5.74, 6) is -2.27. The molecule has 0 aromatic heterocycles. The fraction of sp³-hybridized carbons (Fsp3) is 0.400. The van der Waals surface area contributed by atoms with Crippen LogP contribution in [0.5, 0.6) is 0 Å². The van der Waals surface area contributed by atoms with Gasteiger partial charge in [-0.1, -0.05) is 75.1 Å². The summed E-state index contributed by atoms with van der Waals surface area (Å²) in [5, 5.41) is 0. The summed E-state index contributed by atoms with van der Waals surface area (Å²) >= 11 is 0. The molecule has 5 nitrogen and oxygen atoms in total. The molecule has 0 aliphatic heterocycles. The molecule has 2 aromatic rings. The van der Waals surface area contributed by atoms with Crippen molar-refractivity contribution in [3.05, 3.63) is 71.3 Å². The van der Waals surface area contributed by atoms with Crippen LogP contribution in [0.25, 0.3) is 0 Å². The number of benzene rings is 2. The summed E-state index contributed by atoms with van der Waals surface area (Å²) in [4.78, 5) is 37.9. The Bertz CT molecular complexity index is 851. The summed E-state index contributed by atoms with van der Waals surface area (Å²) < 4.78 is 10.6. The average Bonchev–Trinajstić information content (AvgIpc) is 2.79. The molecule has 1 aliphatic rings. The van der Waals surface area contributed by atoms with Crippen molar-refractivity contribution >= 4 is 17.9 Å². The summed E-state index contributed by atoms with van der Waals surface area (Å²) in [5.41, 5.74) is 1.95. The summed E-state index contributed by atoms with van der Waals surface area (Å²) in [7, 11) is 0. The van der Waals surface area contributed by atoms with Crippen LogP contribution in [0.4, 0.5) is 0 Å². The molecule has 0 spiro atoms. The van der Waals surface area contributed by atoms with Crippen LogP contribution >= 0.6 is 0 Å². The van der Waals surface area contributed by atoms with Gasteiger partial charge in [0.2, 0.25) is 6.10 Å². The Labute approximate surface area is 177 Å². The number of ether oxygens (including phenoxy) is 2. The van der Waals surface area contributed by atoms with Gasteiger partial charge in [0.05, 0.1) is 11.5 Å². The van der Waals surface area contributed by atoms with Gasteiger partial charge in [0.15, 0.2) is 0 Å². The van der Waals surface area contributed by atoms with Crippen LogP contribution in [0.1, 0.15) is 73.0 Å². The maximum atomic E-state index is 12.8. The number of esters is 3. The molecule has 5 heteroatoms. The standard InChI is InChI=1S/C25H28O5/c1-2-9-18-14-16-21(17-15-18)23(26)29-22(19-10-5-3-6-11-19)25(28)30-24(27)20-12-7-4-8-13-20/h3,5-6,10-11,14-17,20,22H,2,4,7-9,12-13H2,1H3. The van der Waals surface area contributed by atoms with Gasteiger partial charge in [-0.3, -0.25) is 4.79 Å². The molecule has 3 rings (SSSR count). The van der Waals surface area contributed by atoms with Crippen LogP contribution in [-0.2, 0) is 25.5 Å². The number of carbonyl (C=O) groups is 3. The molecule has 0 amide bonds. The van der Waals surface area contributed by atoms with Crippen molar-refractivity contribution in [1.82, 2.24) is 0 Å². The normalized spacial score (nSPS) is 15.2. The summed E-state index contributed by atoms with van der Waals surface area (Å²) in [6.07, 6.45) is 5.12. The zero-order chi connectivity index (χ0) is 21.3. The number of aryl methyl sites for hydroxylation is 1. The highest BCUT2D eigenvalue weighted by Gasteiger charge is 2.32. The van der Waals surface area contributed by atoms with Crippen molar-refractivity contribution in [2.24, 2.45) is 5.92 Å². The molecule has 158 valence electrons. The minimum atomic E-state index is -1.29. The molecule has 0 heterocycles. The molecule has 0 saturated heterocycles. The zero-order valence-corrected chi connectivity index (χ0v) is 17.3. The van der Waals surface area contributed by atoms with E-state index >= 15 is 0 Å². The predicted octanol–water partition coefficient (Wildman–Crippen LogP) is 5.19. The van der Waals surface area contributed by atoms with Crippen molar-refractivity contribution < 1.29 is 23.9 Å². The van der Waals surface area contributed by atoms with E-state index in [4.69, 9.17) is 9.47 Å². The second kappa shape index (κ2) is 10.7. The first-order chi connectivity index (χ1) is 14.6. The number of rotatable bonds is 7. The zero-order valence-electron chi connectivity index (χ0n) is 17.3. The molecule has 30 heavy (non-hydrogen) atoms. The van der Waals surface area contributed by atoms with Crippen molar-refractivity contribution in [3.63, 3.8) is 0 Å². The molecule has 0 bridgehead atoms. The second-order valence-electron chi connectivity index (χ2n) is 7.72. The van der Waals surface area contributed by atoms with Crippen LogP contribution in [0.3, 0.4) is 0 Å². The smallest absolute Gasteiger partial charge is 0.359 e. The van der Waals surface area contributed by atoms with Gasteiger partial charge in [0.25, 0.3) is 0 Å². The highest BCUT2D eigenvalue weighted by Crippen LogP contribution is 2.27. The van der Waals surface area contributed by atoms with Gasteiger partial charge < -0.3 is 9.47 Å². The molecular weight excluding hydrogens is 380 g/mol. The Balaban J connectivity index is 1.72. The molecule has 1 unspecified atom stereocenters. The van der Waals surface area contributed by atoms with E-state index in [2.05, 4.69) is 6.92 Å². The Morgan fingerprint density at radius 1 is 0.933 bits per heavy atom. The van der Waals surface area contributed by atoms with E-state index in [1.807, 2.05) is 12.1 Å². The molecule has 1 saturated carbocycles. The van der Waals surface area contributed by atoms with Gasteiger partial charge in [-0.15, -0.1) is 0 Å². The molecule has 1 atom stereocenters. The minimum absolute atomic E-state index is 0.263. The second-order valence-corrected chi connectivity index (χ2v) is 7.72. The molecule has 0 N–H and O–H groups in total. The first-order valence-corrected chi connectivity index (χ1v) is 10.7. The van der Waals surface area contributed by atoms with Crippen LogP contribution in [0, 0.1) is 5.92 Å². The lowest BCUT2D eigenvalue weighted by Crippen LogP contribution is -2.28. The highest BCUT2D eigenvalue weighted by atomic mass is 16.6. The quantitative estimate of drug-likeness (QED) is 0.466. The van der Waals surface area contributed by atoms with Crippen LogP contribution in [0.15, 0.2) is 54.6 Å². The van der Waals surface area contributed by atoms with E-state index < -0.39 is 24.0 Å². The van der Waals surface area contributed by atoms with Crippen molar-refractivity contribution in [2.75, 3.05) is 0 Å². The van der Waals surface area contributed by atoms with E-state index in [0.717, 1.165) is 50.5 Å². The van der Waals surface area contributed by atoms with Crippen LogP contribution in [-0.4, -0.2) is 17.9 Å². The van der Waals surface area contributed by atoms with Crippen molar-refractivity contribution in [3.8, 4) is 0 Å². The third-order valence-electron chi connectivity index (χ3n) is 5.41. The molecule has 1 aliphatic carbocycles. The minimum Gasteiger partial charge on any atom is -0.442 e. The molecule has 2 aromatic carbocycles. The molecule has 0 radical (unpaired) electrons. The fourth-order valence-electron chi connectivity index (χ4n) is 3.73. The summed E-state index contributed by atoms with van der Waals surface area (Å²) in [6.45, 7) is 2.09. The topological polar surface area (TPSA) is 69.7 Å². The molecule has 1 fully saturated rings. The lowest BCUT2D eigenvalue weighted by atomic mass is 9.89. The van der Waals surface area contributed by atoms with Gasteiger partial charge in [0.1, 0.15) is 0 Å². The highest BCUT2D eigenvalue weighted by molar-refractivity contribution is 5.94. The van der Waals surface area contributed by atoms with Gasteiger partial charge >= 0.3 is 17.9 Å². The Kier molecular flexibility index (Phi) is 7.77. The van der Waals surface area contributed by atoms with Crippen molar-refractivity contribution in [1.29, 1.82) is 0 Å². The number of hydrogen-bond donors (Lipinski definition) is 0. The maximum absolute atomic E-state index is 12.8. The number of carbonyl (C=O) groups excluding carboxylic acids is 3. The lowest BCUT2D eigenvalue weighted by molar-refractivity contribution is -0.169. The van der Waals surface area contributed by atoms with Crippen molar-refractivity contribution in [2.45, 2.75) is 58.0 Å². The van der Waals surface area contributed by atoms with E-state index in [9.17, 15) is 14.4 Å². The van der Waals surface area contributed by atoms with Gasteiger partial charge in [-0.2, -0.15) is 0 Å². The lowest BCUT2D eigenvalue weighted by Gasteiger charge is -2.21. The van der Waals surface area contributed by atoms with Crippen LogP contribution in [0.2, 0.25) is 0 Å². The van der Waals surface area contributed by atoms with Gasteiger partial charge in [-0.05, 0) is 37.0 Å². The third-order valence-corrected chi connectivity index (χ3v) is 5.41. The van der Waals surface area contributed by atoms with Gasteiger partial charge in [-0.25, -0.2) is 9.59 Å². The average molecular weight is 408 g/mol. The predicted molar refractivity (Wildman–Crippen MR) is 113 cm³/mol. The number of hydrogen-bond acceptors (Lipinski definition) is 5. The SMILES string of the molecule is CCCc1ccc(C(=O)OC(C(=O)OC(=O)C2CCCCC2)c2ccccc2)cc1. The largest absolute Gasteiger partial charge is 0.442 e. The van der Waals surface area contributed by atoms with E-state index in [1.165, 1.54) is 0 Å². The maximum Gasteiger partial charge on any atom is 0.359 e. The molecular formula is C25H28O5. The third kappa shape index (κ3) is 5.78. The Hall–Kier alpha value is -2.95. The Morgan fingerprint density at radius 3 is 2.23 bits per heavy atom. The Morgan fingerprint density at radius 2 is 1.60 bits per heavy atom. The van der Waals surface area contributed by atoms with E-state index in [-0.39, 0.29) is 5.92 Å². The van der Waals surface area contributed by atoms with E-state index in [1.54, 1.807) is 42.5 Å². The monoisotopic (exact) mass is 408 g/mol. The first-order valence-electron chi connectivity index (χ1n) is 10.7. The fourth-order valence-corrected chi connectivity index (χ4v) is 3.73. The van der Waals surface area contributed by atoms with Crippen LogP contribution < -0.4 is 0 Å². The first kappa shape index (κ1) is 21.8. The van der Waals surface area contributed by atoms with Gasteiger partial charge in [0, 0.05) is 5.56 Å². The van der Waals surface area contributed by atoms with E-state index in [0.29, 0.717) is 11.1 Å².